The molecular weight excluding hydrogens is 326 g/mol. The Bertz CT molecular complexity index is 596. The number of likely N-dealkylation sites (N-methyl/N-ethyl adjacent to an activating group) is 2. The van der Waals surface area contributed by atoms with Crippen LogP contribution in [0.15, 0.2) is 29.3 Å². The number of ether oxygens (including phenoxy) is 1. The number of aliphatic imine (C=N–C) groups is 1. The van der Waals surface area contributed by atoms with Crippen LogP contribution in [0.5, 0.6) is 5.75 Å². The van der Waals surface area contributed by atoms with Crippen LogP contribution in [0.1, 0.15) is 26.3 Å². The lowest BCUT2D eigenvalue weighted by molar-refractivity contribution is 0.116. The Kier molecular flexibility index (Phi) is 7.29. The fraction of sp³-hybridized carbons (Fsp3) is 0.650. The quantitative estimate of drug-likeness (QED) is 0.618. The van der Waals surface area contributed by atoms with E-state index in [1.165, 1.54) is 0 Å². The van der Waals surface area contributed by atoms with E-state index in [2.05, 4.69) is 66.4 Å². The lowest BCUT2D eigenvalue weighted by Crippen LogP contribution is -2.55. The van der Waals surface area contributed by atoms with Crippen LogP contribution in [-0.2, 0) is 6.54 Å². The predicted octanol–water partition coefficient (Wildman–Crippen LogP) is 1.77. The summed E-state index contributed by atoms with van der Waals surface area (Å²) < 4.78 is 6.07. The lowest BCUT2D eigenvalue weighted by Gasteiger charge is -2.37. The average molecular weight is 362 g/mol. The second kappa shape index (κ2) is 9.24. The van der Waals surface area contributed by atoms with Gasteiger partial charge in [0.1, 0.15) is 11.4 Å². The highest BCUT2D eigenvalue weighted by atomic mass is 16.5. The van der Waals surface area contributed by atoms with Crippen molar-refractivity contribution in [3.63, 3.8) is 0 Å². The number of hydrogen-bond donors (Lipinski definition) is 2. The van der Waals surface area contributed by atoms with E-state index in [0.717, 1.165) is 43.5 Å². The molecule has 1 unspecified atom stereocenters. The fourth-order valence-corrected chi connectivity index (χ4v) is 3.02. The second-order valence-electron chi connectivity index (χ2n) is 8.03. The van der Waals surface area contributed by atoms with Gasteiger partial charge in [-0.2, -0.15) is 0 Å². The maximum absolute atomic E-state index is 6.07. The molecule has 6 heteroatoms. The van der Waals surface area contributed by atoms with Crippen molar-refractivity contribution in [2.75, 3.05) is 47.3 Å². The van der Waals surface area contributed by atoms with Crippen molar-refractivity contribution in [3.05, 3.63) is 29.8 Å². The molecular formula is C20H35N5O. The highest BCUT2D eigenvalue weighted by Gasteiger charge is 2.22. The molecule has 0 aliphatic carbocycles. The Labute approximate surface area is 158 Å². The van der Waals surface area contributed by atoms with Gasteiger partial charge in [-0.25, -0.2) is 0 Å². The summed E-state index contributed by atoms with van der Waals surface area (Å²) in [6, 6.07) is 8.64. The molecule has 1 atom stereocenters. The van der Waals surface area contributed by atoms with Crippen LogP contribution in [-0.4, -0.2) is 74.7 Å². The van der Waals surface area contributed by atoms with Gasteiger partial charge in [0, 0.05) is 51.4 Å². The van der Waals surface area contributed by atoms with Crippen LogP contribution < -0.4 is 15.4 Å². The van der Waals surface area contributed by atoms with Crippen LogP contribution in [0.3, 0.4) is 0 Å². The first-order chi connectivity index (χ1) is 12.3. The zero-order valence-electron chi connectivity index (χ0n) is 17.2. The summed E-state index contributed by atoms with van der Waals surface area (Å²) in [5.74, 6) is 1.73. The van der Waals surface area contributed by atoms with E-state index in [-0.39, 0.29) is 5.60 Å². The number of guanidine groups is 1. The van der Waals surface area contributed by atoms with Crippen molar-refractivity contribution in [1.29, 1.82) is 0 Å². The monoisotopic (exact) mass is 361 g/mol. The van der Waals surface area contributed by atoms with E-state index >= 15 is 0 Å². The van der Waals surface area contributed by atoms with E-state index in [9.17, 15) is 0 Å². The van der Waals surface area contributed by atoms with Gasteiger partial charge >= 0.3 is 0 Å². The summed E-state index contributed by atoms with van der Waals surface area (Å²) >= 11 is 0. The molecule has 0 spiro atoms. The molecule has 1 fully saturated rings. The van der Waals surface area contributed by atoms with Crippen LogP contribution in [0.4, 0.5) is 0 Å². The molecule has 1 heterocycles. The van der Waals surface area contributed by atoms with Gasteiger partial charge in [-0.05, 0) is 40.9 Å². The minimum atomic E-state index is -0.215. The zero-order valence-corrected chi connectivity index (χ0v) is 17.2. The maximum atomic E-state index is 6.07. The molecule has 0 bridgehead atoms. The molecule has 26 heavy (non-hydrogen) atoms. The molecule has 1 saturated heterocycles. The van der Waals surface area contributed by atoms with E-state index in [0.29, 0.717) is 12.6 Å². The van der Waals surface area contributed by atoms with Gasteiger partial charge in [-0.3, -0.25) is 9.89 Å². The van der Waals surface area contributed by atoms with Crippen LogP contribution in [0.25, 0.3) is 0 Å². The van der Waals surface area contributed by atoms with E-state index < -0.39 is 0 Å². The van der Waals surface area contributed by atoms with E-state index in [1.54, 1.807) is 0 Å². The largest absolute Gasteiger partial charge is 0.488 e. The Morgan fingerprint density at radius 2 is 1.92 bits per heavy atom. The Morgan fingerprint density at radius 1 is 1.19 bits per heavy atom. The molecule has 1 aromatic rings. The number of nitrogens with zero attached hydrogens (tertiary/aromatic N) is 3. The number of para-hydroxylation sites is 1. The molecule has 0 saturated carbocycles. The Morgan fingerprint density at radius 3 is 2.62 bits per heavy atom. The Hall–Kier alpha value is -1.79. The molecule has 0 amide bonds. The highest BCUT2D eigenvalue weighted by molar-refractivity contribution is 5.79. The predicted molar refractivity (Wildman–Crippen MR) is 109 cm³/mol. The molecule has 146 valence electrons. The van der Waals surface area contributed by atoms with Crippen molar-refractivity contribution in [3.8, 4) is 5.75 Å². The zero-order chi connectivity index (χ0) is 19.2. The second-order valence-corrected chi connectivity index (χ2v) is 8.03. The summed E-state index contributed by atoms with van der Waals surface area (Å²) in [6.07, 6.45) is 0. The van der Waals surface area contributed by atoms with Gasteiger partial charge < -0.3 is 20.3 Å². The number of nitrogens with one attached hydrogen (secondary N) is 2. The standard InChI is InChI=1S/C20H35N5O/c1-20(2,3)26-18-10-8-7-9-16(18)13-22-19(21-4)23-14-17-15-24(5)11-12-25(17)6/h7-10,17H,11-15H2,1-6H3,(H2,21,22,23). The number of piperazine rings is 1. The third-order valence-electron chi connectivity index (χ3n) is 4.54. The summed E-state index contributed by atoms with van der Waals surface area (Å²) in [5, 5.41) is 6.86. The van der Waals surface area contributed by atoms with Crippen molar-refractivity contribution in [1.82, 2.24) is 20.4 Å². The lowest BCUT2D eigenvalue weighted by atomic mass is 10.1. The average Bonchev–Trinajstić information content (AvgIpc) is 2.58. The van der Waals surface area contributed by atoms with Crippen molar-refractivity contribution < 1.29 is 4.74 Å². The van der Waals surface area contributed by atoms with Crippen LogP contribution >= 0.6 is 0 Å². The van der Waals surface area contributed by atoms with Gasteiger partial charge in [-0.15, -0.1) is 0 Å². The first-order valence-corrected chi connectivity index (χ1v) is 9.38. The summed E-state index contributed by atoms with van der Waals surface area (Å²) in [6.45, 7) is 11.0. The fourth-order valence-electron chi connectivity index (χ4n) is 3.02. The summed E-state index contributed by atoms with van der Waals surface area (Å²) in [5.41, 5.74) is 0.910. The van der Waals surface area contributed by atoms with Crippen molar-refractivity contribution in [2.24, 2.45) is 4.99 Å². The van der Waals surface area contributed by atoms with Gasteiger partial charge in [0.05, 0.1) is 0 Å². The third-order valence-corrected chi connectivity index (χ3v) is 4.54. The van der Waals surface area contributed by atoms with Gasteiger partial charge in [0.25, 0.3) is 0 Å². The van der Waals surface area contributed by atoms with Gasteiger partial charge in [0.2, 0.25) is 0 Å². The molecule has 1 aliphatic heterocycles. The topological polar surface area (TPSA) is 52.1 Å². The summed E-state index contributed by atoms with van der Waals surface area (Å²) in [7, 11) is 6.18. The molecule has 0 aromatic heterocycles. The smallest absolute Gasteiger partial charge is 0.191 e. The number of hydrogen-bond acceptors (Lipinski definition) is 4. The molecule has 1 aromatic carbocycles. The van der Waals surface area contributed by atoms with Crippen LogP contribution in [0.2, 0.25) is 0 Å². The normalized spacial score (nSPS) is 20.1. The highest BCUT2D eigenvalue weighted by Crippen LogP contribution is 2.22. The van der Waals surface area contributed by atoms with Crippen molar-refractivity contribution >= 4 is 5.96 Å². The SMILES string of the molecule is CN=C(NCc1ccccc1OC(C)(C)C)NCC1CN(C)CCN1C. The van der Waals surface area contributed by atoms with Gasteiger partial charge in [-0.1, -0.05) is 18.2 Å². The summed E-state index contributed by atoms with van der Waals surface area (Å²) in [4.78, 5) is 9.14. The molecule has 2 rings (SSSR count). The van der Waals surface area contributed by atoms with E-state index in [4.69, 9.17) is 4.74 Å². The number of benzene rings is 1. The van der Waals surface area contributed by atoms with Gasteiger partial charge in [0.15, 0.2) is 5.96 Å². The van der Waals surface area contributed by atoms with E-state index in [1.807, 2.05) is 25.2 Å². The molecule has 1 aliphatic rings. The first-order valence-electron chi connectivity index (χ1n) is 9.38. The van der Waals surface area contributed by atoms with Crippen LogP contribution in [0, 0.1) is 0 Å². The Balaban J connectivity index is 1.89. The third kappa shape index (κ3) is 6.50. The maximum Gasteiger partial charge on any atom is 0.191 e. The molecule has 2 N–H and O–H groups in total. The first kappa shape index (κ1) is 20.5. The minimum Gasteiger partial charge on any atom is -0.488 e. The number of rotatable bonds is 5. The van der Waals surface area contributed by atoms with Crippen molar-refractivity contribution in [2.45, 2.75) is 39.0 Å². The minimum absolute atomic E-state index is 0.215. The molecule has 6 nitrogen and oxygen atoms in total. The molecule has 0 radical (unpaired) electrons.